The van der Waals surface area contributed by atoms with Crippen LogP contribution in [0.15, 0.2) is 23.8 Å². The summed E-state index contributed by atoms with van der Waals surface area (Å²) in [5.41, 5.74) is 7.56. The number of ether oxygens (including phenoxy) is 2. The summed E-state index contributed by atoms with van der Waals surface area (Å²) >= 11 is 11.7. The van der Waals surface area contributed by atoms with Crippen LogP contribution in [-0.2, 0) is 55.6 Å². The zero-order valence-corrected chi connectivity index (χ0v) is 33.9. The summed E-state index contributed by atoms with van der Waals surface area (Å²) in [6, 6.07) is 0. The molecule has 3 aliphatic rings. The number of alkyl halides is 1. The number of aryl methyl sites for hydroxylation is 1. The first kappa shape index (κ1) is 38.5. The molecule has 0 amide bonds. The van der Waals surface area contributed by atoms with Crippen molar-refractivity contribution >= 4 is 84.0 Å². The fourth-order valence-electron chi connectivity index (χ4n) is 5.95. The van der Waals surface area contributed by atoms with Crippen molar-refractivity contribution in [2.45, 2.75) is 95.0 Å². The normalized spacial score (nSPS) is 34.9. The molecule has 25 heteroatoms. The average molecular weight is 839 g/mol. The summed E-state index contributed by atoms with van der Waals surface area (Å²) in [4.78, 5) is 56.8. The molecule has 0 saturated carbocycles. The van der Waals surface area contributed by atoms with Gasteiger partial charge in [0, 0.05) is 0 Å². The number of nitrogen functional groups attached to an aromatic ring is 1. The molecule has 3 saturated heterocycles. The van der Waals surface area contributed by atoms with Gasteiger partial charge in [-0.15, -0.1) is 0 Å². The first-order valence-corrected chi connectivity index (χ1v) is 24.9. The number of hydrogen-bond acceptors (Lipinski definition) is 17. The van der Waals surface area contributed by atoms with Crippen LogP contribution in [0.1, 0.15) is 38.9 Å². The minimum Gasteiger partial charge on any atom is -0.407 e. The molecular weight excluding hydrogens is 802 g/mol. The Morgan fingerprint density at radius 1 is 0.981 bits per heavy atom. The molecule has 284 valence electrons. The van der Waals surface area contributed by atoms with E-state index >= 15 is 4.39 Å². The van der Waals surface area contributed by atoms with Gasteiger partial charge in [-0.1, -0.05) is 32.1 Å². The van der Waals surface area contributed by atoms with Crippen LogP contribution >= 0.6 is 24.8 Å². The second-order valence-corrected chi connectivity index (χ2v) is 25.3. The maximum atomic E-state index is 16.3. The van der Waals surface area contributed by atoms with Gasteiger partial charge in [-0.05, 0) is 48.7 Å². The summed E-state index contributed by atoms with van der Waals surface area (Å²) in [7, 11) is -2.70. The van der Waals surface area contributed by atoms with Crippen molar-refractivity contribution in [2.75, 3.05) is 18.9 Å². The molecule has 4 N–H and O–H groups in total. The lowest BCUT2D eigenvalue weighted by Crippen LogP contribution is -2.50. The van der Waals surface area contributed by atoms with E-state index in [1.54, 1.807) is 6.92 Å². The third-order valence-corrected chi connectivity index (χ3v) is 18.2. The lowest BCUT2D eigenvalue weighted by Gasteiger charge is -2.41. The van der Waals surface area contributed by atoms with E-state index in [0.717, 1.165) is 11.3 Å². The molecule has 52 heavy (non-hydrogen) atoms. The summed E-state index contributed by atoms with van der Waals surface area (Å²) in [5, 5.41) is -0.332. The fraction of sp³-hybridized carbons (Fsp3) is 0.630. The van der Waals surface area contributed by atoms with Crippen LogP contribution in [0.4, 0.5) is 10.2 Å². The van der Waals surface area contributed by atoms with E-state index in [2.05, 4.69) is 24.9 Å². The quantitative estimate of drug-likeness (QED) is 0.198. The highest BCUT2D eigenvalue weighted by Gasteiger charge is 2.56. The van der Waals surface area contributed by atoms with E-state index in [1.165, 1.54) is 28.1 Å². The van der Waals surface area contributed by atoms with Crippen LogP contribution in [0.5, 0.6) is 0 Å². The van der Waals surface area contributed by atoms with Gasteiger partial charge in [0.25, 0.3) is 0 Å². The topological polar surface area (TPSA) is 222 Å². The molecule has 7 rings (SSSR count). The fourth-order valence-corrected chi connectivity index (χ4v) is 11.0. The van der Waals surface area contributed by atoms with Crippen molar-refractivity contribution in [1.82, 2.24) is 34.1 Å². The molecule has 4 aromatic rings. The standard InChI is InChI=1S/C27H37FN8O10P2S3Si/c1-12-16-22(32-9-30-12)35(11-34-16)24-15(28)17-13(42-24)7-40-48(39,50)45-18-14(8-41-47(38,49)44-17)43-25(19(18)46-52(5,6)27(2,3)4)36-23-20(51-26(36)37)21(29)31-10-33-23/h9-11,13-15,17-19,24-25H,7-8H2,1-6H3,(H,38,49)(H,39,50)(H2,29,31,33)/t13-,14-,15-,17-,18-,19-,24-,25-,47?,48?/m1/s1. The summed E-state index contributed by atoms with van der Waals surface area (Å²) < 4.78 is 62.1. The minimum atomic E-state index is -4.25. The summed E-state index contributed by atoms with van der Waals surface area (Å²) in [6.45, 7) is 2.26. The van der Waals surface area contributed by atoms with Gasteiger partial charge < -0.3 is 38.5 Å². The smallest absolute Gasteiger partial charge is 0.325 e. The Balaban J connectivity index is 1.24. The first-order chi connectivity index (χ1) is 24.3. The van der Waals surface area contributed by atoms with E-state index in [1.807, 2.05) is 33.9 Å². The number of nitrogens with zero attached hydrogens (tertiary/aromatic N) is 7. The maximum absolute atomic E-state index is 16.3. The molecular formula is C27H37FN8O10P2S3Si. The van der Waals surface area contributed by atoms with Gasteiger partial charge in [0.15, 0.2) is 38.2 Å². The maximum Gasteiger partial charge on any atom is 0.325 e. The van der Waals surface area contributed by atoms with Gasteiger partial charge in [0.2, 0.25) is 0 Å². The van der Waals surface area contributed by atoms with Gasteiger partial charge in [0.1, 0.15) is 59.2 Å². The minimum absolute atomic E-state index is 0.0972. The van der Waals surface area contributed by atoms with Gasteiger partial charge in [-0.2, -0.15) is 0 Å². The Bertz CT molecular complexity index is 2170. The van der Waals surface area contributed by atoms with E-state index in [-0.39, 0.29) is 16.5 Å². The highest BCUT2D eigenvalue weighted by Crippen LogP contribution is 2.55. The number of rotatable bonds is 4. The van der Waals surface area contributed by atoms with E-state index < -0.39 is 89.0 Å². The highest BCUT2D eigenvalue weighted by atomic mass is 32.5. The molecule has 2 unspecified atom stereocenters. The van der Waals surface area contributed by atoms with E-state index in [9.17, 15) is 14.6 Å². The molecule has 3 fully saturated rings. The van der Waals surface area contributed by atoms with Crippen molar-refractivity contribution in [1.29, 1.82) is 0 Å². The molecule has 10 atom stereocenters. The number of imidazole rings is 1. The Morgan fingerprint density at radius 3 is 2.25 bits per heavy atom. The van der Waals surface area contributed by atoms with Crippen LogP contribution in [0.2, 0.25) is 18.1 Å². The Labute approximate surface area is 311 Å². The molecule has 7 heterocycles. The van der Waals surface area contributed by atoms with Crippen LogP contribution in [-0.4, -0.2) is 102 Å². The largest absolute Gasteiger partial charge is 0.407 e. The van der Waals surface area contributed by atoms with Crippen molar-refractivity contribution in [3.05, 3.63) is 34.3 Å². The lowest BCUT2D eigenvalue weighted by molar-refractivity contribution is -0.0590. The van der Waals surface area contributed by atoms with Gasteiger partial charge in [0.05, 0.1) is 25.2 Å². The zero-order chi connectivity index (χ0) is 37.5. The number of halogens is 1. The number of hydrogen-bond donors (Lipinski definition) is 3. The number of nitrogens with two attached hydrogens (primary N) is 1. The van der Waals surface area contributed by atoms with Crippen LogP contribution < -0.4 is 10.6 Å². The Morgan fingerprint density at radius 2 is 1.58 bits per heavy atom. The van der Waals surface area contributed by atoms with E-state index in [0.29, 0.717) is 21.6 Å². The SMILES string of the molecule is Cc1ncnc2c1ncn2[C@@H]1O[C@@H]2COP(O)(=S)O[C@H]3[C@@H](O[Si](C)(C)C(C)(C)C)[C@H](n4c(=O)sc5c(N)ncnc54)O[C@@H]3COP(O)(=S)O[C@H]2[C@H]1F. The second kappa shape index (κ2) is 13.7. The monoisotopic (exact) mass is 838 g/mol. The molecule has 0 aromatic carbocycles. The second-order valence-electron chi connectivity index (χ2n) is 14.0. The molecule has 0 aliphatic carbocycles. The predicted octanol–water partition coefficient (Wildman–Crippen LogP) is 3.36. The summed E-state index contributed by atoms with van der Waals surface area (Å²) in [5.74, 6) is 0.0972. The number of fused-ring (bicyclic) bond motifs is 4. The van der Waals surface area contributed by atoms with Crippen molar-refractivity contribution in [3.63, 3.8) is 0 Å². The Hall–Kier alpha value is -1.79. The predicted molar refractivity (Wildman–Crippen MR) is 196 cm³/mol. The average Bonchev–Trinajstić information content (AvgIpc) is 3.78. The third-order valence-electron chi connectivity index (χ3n) is 9.60. The zero-order valence-electron chi connectivity index (χ0n) is 28.6. The van der Waals surface area contributed by atoms with Crippen molar-refractivity contribution in [3.8, 4) is 0 Å². The van der Waals surface area contributed by atoms with Crippen molar-refractivity contribution in [2.24, 2.45) is 0 Å². The number of aromatic nitrogens is 7. The molecule has 3 aliphatic heterocycles. The highest BCUT2D eigenvalue weighted by molar-refractivity contribution is 8.07. The van der Waals surface area contributed by atoms with Crippen molar-refractivity contribution < 1.29 is 46.2 Å². The van der Waals surface area contributed by atoms with Gasteiger partial charge >= 0.3 is 18.3 Å². The number of anilines is 1. The molecule has 0 bridgehead atoms. The lowest BCUT2D eigenvalue weighted by atomic mass is 10.1. The number of thiazole rings is 1. The van der Waals surface area contributed by atoms with Crippen LogP contribution in [0.25, 0.3) is 21.5 Å². The van der Waals surface area contributed by atoms with Gasteiger partial charge in [-0.25, -0.2) is 29.3 Å². The first-order valence-electron chi connectivity index (χ1n) is 16.0. The van der Waals surface area contributed by atoms with E-state index in [4.69, 9.17) is 61.3 Å². The molecule has 0 radical (unpaired) electrons. The summed E-state index contributed by atoms with van der Waals surface area (Å²) in [6.07, 6.45) is -6.96. The van der Waals surface area contributed by atoms with Crippen LogP contribution in [0.3, 0.4) is 0 Å². The van der Waals surface area contributed by atoms with Crippen LogP contribution in [0, 0.1) is 6.92 Å². The third kappa shape index (κ3) is 7.08. The molecule has 18 nitrogen and oxygen atoms in total. The molecule has 4 aromatic heterocycles. The molecule has 0 spiro atoms. The van der Waals surface area contributed by atoms with Gasteiger partial charge in [-0.3, -0.25) is 23.0 Å². The Kier molecular flexibility index (Phi) is 10.2.